The molecule has 0 spiro atoms. The molecule has 24 heavy (non-hydrogen) atoms. The van der Waals surface area contributed by atoms with Crippen molar-refractivity contribution in [3.05, 3.63) is 23.8 Å². The summed E-state index contributed by atoms with van der Waals surface area (Å²) in [6, 6.07) is 5.53. The zero-order valence-electron chi connectivity index (χ0n) is 14.2. The number of alkyl carbamates (subject to hydrolysis) is 1. The summed E-state index contributed by atoms with van der Waals surface area (Å²) in [6.07, 6.45) is -0.0921. The van der Waals surface area contributed by atoms with E-state index >= 15 is 0 Å². The predicted molar refractivity (Wildman–Crippen MR) is 96.0 cm³/mol. The molecule has 1 amide bonds. The molecule has 0 fully saturated rings. The van der Waals surface area contributed by atoms with Crippen LogP contribution < -0.4 is 15.5 Å². The quantitative estimate of drug-likeness (QED) is 0.435. The standard InChI is InChI=1S/C16H23BBrNO5/c1-16(2,3)23-15(20)19-10-13-11-6-4-7-12(22-9-5-8-18)14(11)17(21)24-13/h4,6-7,13,21H,5,8-10H2,1-3H3,(H,19,20). The molecule has 1 aliphatic rings. The molecule has 8 heteroatoms. The lowest BCUT2D eigenvalue weighted by Crippen LogP contribution is -2.35. The summed E-state index contributed by atoms with van der Waals surface area (Å²) in [7, 11) is -1.06. The fourth-order valence-corrected chi connectivity index (χ4v) is 2.64. The number of ether oxygens (including phenoxy) is 2. The van der Waals surface area contributed by atoms with Crippen LogP contribution in [0, 0.1) is 0 Å². The topological polar surface area (TPSA) is 77.0 Å². The molecule has 1 heterocycles. The molecule has 132 valence electrons. The monoisotopic (exact) mass is 399 g/mol. The molecule has 1 aliphatic heterocycles. The van der Waals surface area contributed by atoms with Crippen molar-refractivity contribution in [1.29, 1.82) is 0 Å². The van der Waals surface area contributed by atoms with E-state index in [1.54, 1.807) is 20.8 Å². The number of rotatable bonds is 6. The number of amides is 1. The van der Waals surface area contributed by atoms with Crippen molar-refractivity contribution in [2.24, 2.45) is 0 Å². The largest absolute Gasteiger partial charge is 0.495 e. The molecule has 0 bridgehead atoms. The molecule has 1 aromatic carbocycles. The van der Waals surface area contributed by atoms with Gasteiger partial charge in [0.2, 0.25) is 0 Å². The van der Waals surface area contributed by atoms with Crippen LogP contribution in [0.4, 0.5) is 4.79 Å². The number of nitrogens with one attached hydrogen (secondary N) is 1. The molecule has 6 nitrogen and oxygen atoms in total. The first-order valence-corrected chi connectivity index (χ1v) is 9.06. The number of benzene rings is 1. The van der Waals surface area contributed by atoms with Gasteiger partial charge in [-0.15, -0.1) is 0 Å². The summed E-state index contributed by atoms with van der Waals surface area (Å²) in [6.45, 7) is 6.16. The van der Waals surface area contributed by atoms with Gasteiger partial charge < -0.3 is 24.5 Å². The molecule has 1 unspecified atom stereocenters. The fraction of sp³-hybridized carbons (Fsp3) is 0.562. The maximum absolute atomic E-state index is 11.8. The van der Waals surface area contributed by atoms with E-state index in [2.05, 4.69) is 21.2 Å². The third-order valence-corrected chi connectivity index (χ3v) is 3.91. The van der Waals surface area contributed by atoms with E-state index in [1.165, 1.54) is 0 Å². The highest BCUT2D eigenvalue weighted by atomic mass is 79.9. The van der Waals surface area contributed by atoms with Gasteiger partial charge in [0, 0.05) is 17.3 Å². The molecule has 0 aliphatic carbocycles. The van der Waals surface area contributed by atoms with Crippen molar-refractivity contribution in [3.8, 4) is 5.75 Å². The minimum absolute atomic E-state index is 0.212. The molecule has 2 N–H and O–H groups in total. The normalized spacial score (nSPS) is 16.7. The van der Waals surface area contributed by atoms with E-state index in [0.29, 0.717) is 17.8 Å². The van der Waals surface area contributed by atoms with Crippen LogP contribution in [-0.4, -0.2) is 42.3 Å². The zero-order valence-corrected chi connectivity index (χ0v) is 15.8. The molecule has 0 aromatic heterocycles. The van der Waals surface area contributed by atoms with Crippen LogP contribution >= 0.6 is 15.9 Å². The van der Waals surface area contributed by atoms with E-state index in [9.17, 15) is 9.82 Å². The Morgan fingerprint density at radius 1 is 1.46 bits per heavy atom. The molecule has 0 radical (unpaired) electrons. The molecular formula is C16H23BBrNO5. The SMILES string of the molecule is CC(C)(C)OC(=O)NCC1OB(O)c2c(OCCCBr)cccc21. The molecular weight excluding hydrogens is 377 g/mol. The minimum Gasteiger partial charge on any atom is -0.494 e. The van der Waals surface area contributed by atoms with Gasteiger partial charge in [-0.2, -0.15) is 0 Å². The predicted octanol–water partition coefficient (Wildman–Crippen LogP) is 2.13. The molecule has 1 atom stereocenters. The average Bonchev–Trinajstić information content (AvgIpc) is 2.81. The Hall–Kier alpha value is -1.25. The van der Waals surface area contributed by atoms with E-state index in [1.807, 2.05) is 18.2 Å². The molecule has 0 saturated heterocycles. The van der Waals surface area contributed by atoms with Gasteiger partial charge in [0.05, 0.1) is 12.7 Å². The molecule has 1 aromatic rings. The minimum atomic E-state index is -1.06. The molecule has 0 saturated carbocycles. The molecule has 2 rings (SSSR count). The number of hydrogen-bond donors (Lipinski definition) is 2. The van der Waals surface area contributed by atoms with Gasteiger partial charge in [-0.05, 0) is 38.8 Å². The van der Waals surface area contributed by atoms with Gasteiger partial charge in [-0.3, -0.25) is 0 Å². The zero-order chi connectivity index (χ0) is 17.7. The second-order valence-corrected chi connectivity index (χ2v) is 7.30. The first-order valence-electron chi connectivity index (χ1n) is 7.94. The second-order valence-electron chi connectivity index (χ2n) is 6.51. The van der Waals surface area contributed by atoms with Crippen LogP contribution in [0.2, 0.25) is 0 Å². The van der Waals surface area contributed by atoms with Crippen LogP contribution in [0.25, 0.3) is 0 Å². The fourth-order valence-electron chi connectivity index (χ4n) is 2.41. The summed E-state index contributed by atoms with van der Waals surface area (Å²) < 4.78 is 16.5. The van der Waals surface area contributed by atoms with Crippen molar-refractivity contribution in [2.45, 2.75) is 38.9 Å². The first kappa shape index (κ1) is 19.1. The van der Waals surface area contributed by atoms with Gasteiger partial charge >= 0.3 is 13.2 Å². The Morgan fingerprint density at radius 2 is 2.21 bits per heavy atom. The summed E-state index contributed by atoms with van der Waals surface area (Å²) in [5.41, 5.74) is 0.882. The van der Waals surface area contributed by atoms with Crippen LogP contribution in [0.3, 0.4) is 0 Å². The van der Waals surface area contributed by atoms with Crippen molar-refractivity contribution < 1.29 is 23.9 Å². The summed E-state index contributed by atoms with van der Waals surface area (Å²) in [5.74, 6) is 0.612. The van der Waals surface area contributed by atoms with Crippen molar-refractivity contribution >= 4 is 34.6 Å². The lowest BCUT2D eigenvalue weighted by molar-refractivity contribution is 0.0498. The highest BCUT2D eigenvalue weighted by Gasteiger charge is 2.38. The first-order chi connectivity index (χ1) is 11.3. The van der Waals surface area contributed by atoms with Crippen molar-refractivity contribution in [1.82, 2.24) is 5.32 Å². The van der Waals surface area contributed by atoms with Crippen LogP contribution in [0.15, 0.2) is 18.2 Å². The third-order valence-electron chi connectivity index (χ3n) is 3.35. The lowest BCUT2D eigenvalue weighted by Gasteiger charge is -2.21. The van der Waals surface area contributed by atoms with E-state index in [4.69, 9.17) is 14.1 Å². The number of hydrogen-bond acceptors (Lipinski definition) is 5. The van der Waals surface area contributed by atoms with Crippen molar-refractivity contribution in [3.63, 3.8) is 0 Å². The third kappa shape index (κ3) is 5.12. The van der Waals surface area contributed by atoms with Crippen molar-refractivity contribution in [2.75, 3.05) is 18.5 Å². The Bertz CT molecular complexity index is 578. The Kier molecular flexibility index (Phi) is 6.54. The number of carbonyl (C=O) groups excluding carboxylic acids is 1. The second kappa shape index (κ2) is 8.22. The summed E-state index contributed by atoms with van der Waals surface area (Å²) in [4.78, 5) is 11.8. The van der Waals surface area contributed by atoms with E-state index in [-0.39, 0.29) is 6.54 Å². The smallest absolute Gasteiger partial charge is 0.494 e. The highest BCUT2D eigenvalue weighted by molar-refractivity contribution is 9.09. The van der Waals surface area contributed by atoms with Gasteiger partial charge in [-0.25, -0.2) is 4.79 Å². The number of fused-ring (bicyclic) bond motifs is 1. The maximum Gasteiger partial charge on any atom is 0.495 e. The Labute approximate surface area is 151 Å². The van der Waals surface area contributed by atoms with Gasteiger partial charge in [0.25, 0.3) is 0 Å². The van der Waals surface area contributed by atoms with Gasteiger partial charge in [0.1, 0.15) is 11.4 Å². The maximum atomic E-state index is 11.8. The number of carbonyl (C=O) groups is 1. The highest BCUT2D eigenvalue weighted by Crippen LogP contribution is 2.27. The summed E-state index contributed by atoms with van der Waals surface area (Å²) in [5, 5.41) is 13.7. The van der Waals surface area contributed by atoms with E-state index in [0.717, 1.165) is 17.3 Å². The van der Waals surface area contributed by atoms with Crippen LogP contribution in [-0.2, 0) is 9.39 Å². The lowest BCUT2D eigenvalue weighted by atomic mass is 9.78. The van der Waals surface area contributed by atoms with Gasteiger partial charge in [-0.1, -0.05) is 28.1 Å². The summed E-state index contributed by atoms with van der Waals surface area (Å²) >= 11 is 3.36. The van der Waals surface area contributed by atoms with Crippen LogP contribution in [0.5, 0.6) is 5.75 Å². The van der Waals surface area contributed by atoms with Crippen LogP contribution in [0.1, 0.15) is 38.9 Å². The Balaban J connectivity index is 2.02. The average molecular weight is 400 g/mol. The van der Waals surface area contributed by atoms with E-state index < -0.39 is 24.9 Å². The van der Waals surface area contributed by atoms with Gasteiger partial charge in [0.15, 0.2) is 0 Å². The number of alkyl halides is 1. The Morgan fingerprint density at radius 3 is 2.88 bits per heavy atom. The number of halogens is 1.